The van der Waals surface area contributed by atoms with E-state index < -0.39 is 28.5 Å². The molecule has 5 rings (SSSR count). The van der Waals surface area contributed by atoms with Crippen LogP contribution in [-0.4, -0.2) is 43.8 Å². The number of carbonyl (C=O) groups excluding carboxylic acids is 2. The number of nitrogens with one attached hydrogen (secondary N) is 1. The quantitative estimate of drug-likeness (QED) is 0.162. The van der Waals surface area contributed by atoms with Gasteiger partial charge >= 0.3 is 0 Å². The van der Waals surface area contributed by atoms with Crippen LogP contribution in [0.3, 0.4) is 0 Å². The predicted octanol–water partition coefficient (Wildman–Crippen LogP) is 7.70. The molecule has 1 fully saturated rings. The second kappa shape index (κ2) is 16.0. The maximum Gasteiger partial charge on any atom is 0.264 e. The number of amides is 2. The van der Waals surface area contributed by atoms with Gasteiger partial charge in [-0.25, -0.2) is 8.42 Å². The van der Waals surface area contributed by atoms with E-state index in [9.17, 15) is 18.0 Å². The van der Waals surface area contributed by atoms with Gasteiger partial charge in [0.2, 0.25) is 11.8 Å². The predicted molar refractivity (Wildman–Crippen MR) is 191 cm³/mol. The topological polar surface area (TPSA) is 86.8 Å². The molecule has 1 N–H and O–H groups in total. The monoisotopic (exact) mass is 735 g/mol. The maximum atomic E-state index is 14.7. The molecule has 0 unspecified atom stereocenters. The van der Waals surface area contributed by atoms with Gasteiger partial charge in [0.05, 0.1) is 10.6 Å². The van der Waals surface area contributed by atoms with Crippen molar-refractivity contribution in [3.8, 4) is 0 Å². The normalized spacial score (nSPS) is 14.3. The van der Waals surface area contributed by atoms with Crippen molar-refractivity contribution in [3.63, 3.8) is 0 Å². The number of carbonyl (C=O) groups is 2. The molecule has 4 aromatic rings. The number of anilines is 1. The van der Waals surface area contributed by atoms with Crippen molar-refractivity contribution in [3.05, 3.63) is 129 Å². The first-order valence-electron chi connectivity index (χ1n) is 15.8. The molecule has 0 saturated heterocycles. The molecular weight excluding hydrogens is 698 g/mol. The van der Waals surface area contributed by atoms with Gasteiger partial charge in [0, 0.05) is 28.5 Å². The van der Waals surface area contributed by atoms with Crippen LogP contribution in [0.15, 0.2) is 112 Å². The van der Waals surface area contributed by atoms with Crippen LogP contribution in [0.2, 0.25) is 5.02 Å². The van der Waals surface area contributed by atoms with Gasteiger partial charge in [-0.3, -0.25) is 13.9 Å². The lowest BCUT2D eigenvalue weighted by Gasteiger charge is -2.35. The summed E-state index contributed by atoms with van der Waals surface area (Å²) in [5, 5.41) is 3.62. The standard InChI is InChI=1S/C37H39BrClN3O4S/c1-27-33(39)21-12-22-34(27)42(47(45,46)32-19-9-4-10-20-32)26-36(43)41(25-29-15-11-16-30(38)23-29)35(24-28-13-5-2-6-14-28)37(44)40-31-17-7-3-8-18-31/h2,4-6,9-16,19-23,31,35H,3,7-8,17-18,24-26H2,1H3,(H,40,44)/t35-/m0/s1. The maximum absolute atomic E-state index is 14.7. The average Bonchev–Trinajstić information content (AvgIpc) is 3.08. The van der Waals surface area contributed by atoms with E-state index >= 15 is 0 Å². The van der Waals surface area contributed by atoms with Crippen molar-refractivity contribution in [2.45, 2.75) is 69.0 Å². The molecule has 0 aliphatic heterocycles. The van der Waals surface area contributed by atoms with Gasteiger partial charge in [-0.1, -0.05) is 114 Å². The molecule has 7 nitrogen and oxygen atoms in total. The van der Waals surface area contributed by atoms with Gasteiger partial charge in [-0.15, -0.1) is 0 Å². The van der Waals surface area contributed by atoms with Crippen molar-refractivity contribution in [1.82, 2.24) is 10.2 Å². The Kier molecular flexibility index (Phi) is 11.8. The van der Waals surface area contributed by atoms with Crippen LogP contribution in [-0.2, 0) is 32.6 Å². The Balaban J connectivity index is 1.58. The summed E-state index contributed by atoms with van der Waals surface area (Å²) < 4.78 is 30.4. The van der Waals surface area contributed by atoms with Crippen LogP contribution in [0.5, 0.6) is 0 Å². The molecular formula is C37H39BrClN3O4S. The highest BCUT2D eigenvalue weighted by Crippen LogP contribution is 2.31. The molecule has 1 aliphatic carbocycles. The molecule has 0 aromatic heterocycles. The zero-order valence-corrected chi connectivity index (χ0v) is 29.5. The van der Waals surface area contributed by atoms with Gasteiger partial charge in [-0.05, 0) is 72.9 Å². The first-order chi connectivity index (χ1) is 22.6. The van der Waals surface area contributed by atoms with Gasteiger partial charge < -0.3 is 10.2 Å². The fourth-order valence-electron chi connectivity index (χ4n) is 6.03. The Morgan fingerprint density at radius 1 is 0.872 bits per heavy atom. The highest BCUT2D eigenvalue weighted by molar-refractivity contribution is 9.10. The van der Waals surface area contributed by atoms with Crippen molar-refractivity contribution in [1.29, 1.82) is 0 Å². The summed E-state index contributed by atoms with van der Waals surface area (Å²) in [4.78, 5) is 30.5. The second-order valence-electron chi connectivity index (χ2n) is 11.9. The molecule has 1 atom stereocenters. The molecule has 246 valence electrons. The molecule has 0 radical (unpaired) electrons. The summed E-state index contributed by atoms with van der Waals surface area (Å²) >= 11 is 10.0. The lowest BCUT2D eigenvalue weighted by atomic mass is 9.94. The molecule has 47 heavy (non-hydrogen) atoms. The Labute approximate surface area is 291 Å². The summed E-state index contributed by atoms with van der Waals surface area (Å²) in [6.07, 6.45) is 5.27. The average molecular weight is 737 g/mol. The Hall–Kier alpha value is -3.66. The van der Waals surface area contributed by atoms with Crippen LogP contribution in [0, 0.1) is 6.92 Å². The summed E-state index contributed by atoms with van der Waals surface area (Å²) in [5.74, 6) is -0.760. The van der Waals surface area contributed by atoms with Crippen molar-refractivity contribution in [2.75, 3.05) is 10.8 Å². The number of sulfonamides is 1. The summed E-state index contributed by atoms with van der Waals surface area (Å²) in [6, 6.07) is 29.3. The lowest BCUT2D eigenvalue weighted by Crippen LogP contribution is -2.55. The van der Waals surface area contributed by atoms with E-state index in [-0.39, 0.29) is 29.8 Å². The largest absolute Gasteiger partial charge is 0.352 e. The van der Waals surface area contributed by atoms with Crippen LogP contribution < -0.4 is 9.62 Å². The van der Waals surface area contributed by atoms with Crippen LogP contribution in [0.1, 0.15) is 48.8 Å². The van der Waals surface area contributed by atoms with Crippen LogP contribution >= 0.6 is 27.5 Å². The number of benzene rings is 4. The van der Waals surface area contributed by atoms with Gasteiger partial charge in [-0.2, -0.15) is 0 Å². The summed E-state index contributed by atoms with van der Waals surface area (Å²) in [6.45, 7) is 1.29. The molecule has 0 spiro atoms. The first kappa shape index (κ1) is 34.7. The van der Waals surface area contributed by atoms with E-state index in [0.717, 1.165) is 52.0 Å². The highest BCUT2D eigenvalue weighted by Gasteiger charge is 2.36. The third kappa shape index (κ3) is 8.83. The van der Waals surface area contributed by atoms with E-state index in [1.807, 2.05) is 54.6 Å². The van der Waals surface area contributed by atoms with Crippen molar-refractivity contribution in [2.24, 2.45) is 0 Å². The molecule has 10 heteroatoms. The van der Waals surface area contributed by atoms with Crippen LogP contribution in [0.25, 0.3) is 0 Å². The molecule has 2 amide bonds. The Bertz CT molecular complexity index is 1780. The zero-order valence-electron chi connectivity index (χ0n) is 26.3. The van der Waals surface area contributed by atoms with E-state index in [1.165, 1.54) is 17.0 Å². The number of halogens is 2. The lowest BCUT2D eigenvalue weighted by molar-refractivity contribution is -0.140. The van der Waals surface area contributed by atoms with Gasteiger partial charge in [0.25, 0.3) is 10.0 Å². The van der Waals surface area contributed by atoms with E-state index in [1.54, 1.807) is 43.3 Å². The minimum absolute atomic E-state index is 0.0291. The molecule has 1 aliphatic rings. The summed E-state index contributed by atoms with van der Waals surface area (Å²) in [5.41, 5.74) is 2.51. The fourth-order valence-corrected chi connectivity index (χ4v) is 8.14. The number of rotatable bonds is 12. The fraction of sp³-hybridized carbons (Fsp3) is 0.297. The zero-order chi connectivity index (χ0) is 33.4. The molecule has 4 aromatic carbocycles. The highest BCUT2D eigenvalue weighted by atomic mass is 79.9. The molecule has 1 saturated carbocycles. The van der Waals surface area contributed by atoms with Crippen molar-refractivity contribution < 1.29 is 18.0 Å². The van der Waals surface area contributed by atoms with E-state index in [0.29, 0.717) is 16.3 Å². The minimum Gasteiger partial charge on any atom is -0.352 e. The van der Waals surface area contributed by atoms with Crippen molar-refractivity contribution >= 4 is 55.1 Å². The SMILES string of the molecule is Cc1c(Cl)cccc1N(CC(=O)N(Cc1cccc(Br)c1)[C@@H](Cc1ccccc1)C(=O)NC1CCCCC1)S(=O)(=O)c1ccccc1. The number of nitrogens with zero attached hydrogens (tertiary/aromatic N) is 2. The second-order valence-corrected chi connectivity index (χ2v) is 15.1. The van der Waals surface area contributed by atoms with Gasteiger partial charge in [0.1, 0.15) is 12.6 Å². The number of hydrogen-bond donors (Lipinski definition) is 1. The third-order valence-electron chi connectivity index (χ3n) is 8.58. The van der Waals surface area contributed by atoms with E-state index in [2.05, 4.69) is 21.2 Å². The Morgan fingerprint density at radius 3 is 2.19 bits per heavy atom. The minimum atomic E-state index is -4.21. The Morgan fingerprint density at radius 2 is 1.51 bits per heavy atom. The smallest absolute Gasteiger partial charge is 0.264 e. The molecule has 0 bridgehead atoms. The summed E-state index contributed by atoms with van der Waals surface area (Å²) in [7, 11) is -4.21. The van der Waals surface area contributed by atoms with E-state index in [4.69, 9.17) is 11.6 Å². The molecule has 0 heterocycles. The van der Waals surface area contributed by atoms with Crippen LogP contribution in [0.4, 0.5) is 5.69 Å². The number of hydrogen-bond acceptors (Lipinski definition) is 4. The third-order valence-corrected chi connectivity index (χ3v) is 11.3. The van der Waals surface area contributed by atoms with Gasteiger partial charge in [0.15, 0.2) is 0 Å². The first-order valence-corrected chi connectivity index (χ1v) is 18.5.